The van der Waals surface area contributed by atoms with E-state index in [1.54, 1.807) is 64.9 Å². The normalized spacial score (nSPS) is 13.0. The van der Waals surface area contributed by atoms with Crippen LogP contribution in [0.4, 0.5) is 5.69 Å². The number of nitrogens with one attached hydrogen (secondary N) is 1. The van der Waals surface area contributed by atoms with E-state index in [9.17, 15) is 9.59 Å². The van der Waals surface area contributed by atoms with Crippen LogP contribution in [0.5, 0.6) is 5.75 Å². The Morgan fingerprint density at radius 1 is 1.15 bits per heavy atom. The second-order valence-electron chi connectivity index (χ2n) is 7.85. The molecule has 2 aromatic heterocycles. The minimum Gasteiger partial charge on any atom is -0.497 e. The lowest BCUT2D eigenvalue weighted by molar-refractivity contribution is 0.102. The predicted octanol–water partition coefficient (Wildman–Crippen LogP) is 5.19. The van der Waals surface area contributed by atoms with Gasteiger partial charge >= 0.3 is 0 Å². The average Bonchev–Trinajstić information content (AvgIpc) is 3.22. The van der Waals surface area contributed by atoms with Gasteiger partial charge in [0, 0.05) is 32.8 Å². The molecule has 1 amide bonds. The first-order chi connectivity index (χ1) is 16.1. The number of methoxy groups -OCH3 is 1. The lowest BCUT2D eigenvalue weighted by Gasteiger charge is -2.11. The smallest absolute Gasteiger partial charge is 0.259 e. The summed E-state index contributed by atoms with van der Waals surface area (Å²) in [7, 11) is 1.59. The summed E-state index contributed by atoms with van der Waals surface area (Å²) in [5, 5.41) is 2.99. The molecule has 0 unspecified atom stereocenters. The van der Waals surface area contributed by atoms with Crippen molar-refractivity contribution in [2.45, 2.75) is 36.3 Å². The van der Waals surface area contributed by atoms with Gasteiger partial charge in [-0.3, -0.25) is 14.0 Å². The number of thiazole rings is 1. The van der Waals surface area contributed by atoms with Crippen molar-refractivity contribution in [2.75, 3.05) is 12.4 Å². The first kappa shape index (κ1) is 21.7. The second kappa shape index (κ2) is 9.41. The highest BCUT2D eigenvalue weighted by atomic mass is 32.2. The maximum atomic E-state index is 12.8. The Morgan fingerprint density at radius 2 is 1.94 bits per heavy atom. The number of rotatable bonds is 6. The topological polar surface area (TPSA) is 72.7 Å². The van der Waals surface area contributed by atoms with Gasteiger partial charge in [0.2, 0.25) is 0 Å². The first-order valence-corrected chi connectivity index (χ1v) is 12.6. The molecule has 2 heterocycles. The number of para-hydroxylation sites is 1. The molecule has 0 saturated heterocycles. The van der Waals surface area contributed by atoms with Crippen LogP contribution in [0.15, 0.2) is 64.3 Å². The average molecular weight is 478 g/mol. The summed E-state index contributed by atoms with van der Waals surface area (Å²) in [5.74, 6) is 1.06. The van der Waals surface area contributed by atoms with Crippen LogP contribution in [0, 0.1) is 0 Å². The Hall–Kier alpha value is -3.10. The minimum atomic E-state index is -0.187. The third-order valence-electron chi connectivity index (χ3n) is 5.68. The number of nitrogens with zero attached hydrogens (tertiary/aromatic N) is 2. The molecule has 0 radical (unpaired) electrons. The van der Waals surface area contributed by atoms with Gasteiger partial charge in [0.05, 0.1) is 18.5 Å². The van der Waals surface area contributed by atoms with Crippen LogP contribution < -0.4 is 15.6 Å². The summed E-state index contributed by atoms with van der Waals surface area (Å²) in [6.45, 7) is 0. The van der Waals surface area contributed by atoms with E-state index in [1.165, 1.54) is 11.3 Å². The molecule has 0 bridgehead atoms. The number of carbonyl (C=O) groups excluding carboxylic acids is 1. The zero-order chi connectivity index (χ0) is 22.8. The number of anilines is 1. The summed E-state index contributed by atoms with van der Waals surface area (Å²) in [5.41, 5.74) is 3.17. The van der Waals surface area contributed by atoms with E-state index in [0.29, 0.717) is 17.1 Å². The van der Waals surface area contributed by atoms with E-state index in [2.05, 4.69) is 5.32 Å². The second-order valence-corrected chi connectivity index (χ2v) is 9.93. The molecule has 4 aromatic rings. The third kappa shape index (κ3) is 4.54. The van der Waals surface area contributed by atoms with Gasteiger partial charge in [0.1, 0.15) is 5.75 Å². The fourth-order valence-corrected chi connectivity index (χ4v) is 6.13. The largest absolute Gasteiger partial charge is 0.497 e. The first-order valence-electron chi connectivity index (χ1n) is 10.8. The van der Waals surface area contributed by atoms with E-state index in [0.717, 1.165) is 46.2 Å². The summed E-state index contributed by atoms with van der Waals surface area (Å²) >= 11 is 3.19. The molecule has 1 aliphatic rings. The highest BCUT2D eigenvalue weighted by Gasteiger charge is 2.18. The van der Waals surface area contributed by atoms with E-state index in [-0.39, 0.29) is 11.5 Å². The van der Waals surface area contributed by atoms with Crippen molar-refractivity contribution in [1.29, 1.82) is 0 Å². The summed E-state index contributed by atoms with van der Waals surface area (Å²) in [6, 6.07) is 16.3. The molecule has 8 heteroatoms. The summed E-state index contributed by atoms with van der Waals surface area (Å²) in [4.78, 5) is 33.3. The number of fused-ring (bicyclic) bond motifs is 3. The molecule has 33 heavy (non-hydrogen) atoms. The number of aryl methyl sites for hydroxylation is 2. The van der Waals surface area contributed by atoms with Crippen LogP contribution in [-0.2, 0) is 18.6 Å². The van der Waals surface area contributed by atoms with Crippen LogP contribution in [-0.4, -0.2) is 22.4 Å². The number of carbonyl (C=O) groups is 1. The molecule has 0 atom stereocenters. The summed E-state index contributed by atoms with van der Waals surface area (Å²) in [6.07, 6.45) is 4.29. The van der Waals surface area contributed by atoms with Crippen LogP contribution in [0.2, 0.25) is 0 Å². The van der Waals surface area contributed by atoms with Crippen molar-refractivity contribution in [3.63, 3.8) is 0 Å². The number of amides is 1. The van der Waals surface area contributed by atoms with Crippen LogP contribution >= 0.6 is 23.1 Å². The zero-order valence-corrected chi connectivity index (χ0v) is 19.8. The van der Waals surface area contributed by atoms with Crippen LogP contribution in [0.25, 0.3) is 4.96 Å². The number of hydrogen-bond acceptors (Lipinski definition) is 6. The van der Waals surface area contributed by atoms with E-state index in [4.69, 9.17) is 9.72 Å². The van der Waals surface area contributed by atoms with Gasteiger partial charge in [0.25, 0.3) is 11.5 Å². The molecule has 2 aromatic carbocycles. The quantitative estimate of drug-likeness (QED) is 0.387. The molecule has 6 nitrogen and oxygen atoms in total. The Kier molecular flexibility index (Phi) is 6.20. The fraction of sp³-hybridized carbons (Fsp3) is 0.240. The number of thioether (sulfide) groups is 1. The Morgan fingerprint density at radius 3 is 2.76 bits per heavy atom. The molecule has 0 spiro atoms. The van der Waals surface area contributed by atoms with E-state index < -0.39 is 0 Å². The van der Waals surface area contributed by atoms with Crippen molar-refractivity contribution >= 4 is 39.7 Å². The van der Waals surface area contributed by atoms with Gasteiger partial charge in [-0.25, -0.2) is 4.98 Å². The lowest BCUT2D eigenvalue weighted by Crippen LogP contribution is -2.17. The molecule has 1 aliphatic carbocycles. The van der Waals surface area contributed by atoms with Gasteiger partial charge in [-0.1, -0.05) is 12.1 Å². The molecular weight excluding hydrogens is 454 g/mol. The van der Waals surface area contributed by atoms with E-state index >= 15 is 0 Å². The van der Waals surface area contributed by atoms with Crippen molar-refractivity contribution < 1.29 is 9.53 Å². The van der Waals surface area contributed by atoms with Crippen molar-refractivity contribution in [3.8, 4) is 5.75 Å². The van der Waals surface area contributed by atoms with Gasteiger partial charge in [-0.2, -0.15) is 0 Å². The number of benzene rings is 2. The molecule has 5 rings (SSSR count). The molecule has 1 N–H and O–H groups in total. The van der Waals surface area contributed by atoms with Crippen molar-refractivity contribution in [3.05, 3.63) is 86.8 Å². The molecule has 0 aliphatic heterocycles. The van der Waals surface area contributed by atoms with Gasteiger partial charge in [-0.05, 0) is 62.1 Å². The van der Waals surface area contributed by atoms with Crippen molar-refractivity contribution in [1.82, 2.24) is 9.38 Å². The summed E-state index contributed by atoms with van der Waals surface area (Å²) < 4.78 is 6.94. The minimum absolute atomic E-state index is 0.00362. The maximum Gasteiger partial charge on any atom is 0.259 e. The monoisotopic (exact) mass is 477 g/mol. The Bertz CT molecular complexity index is 1380. The zero-order valence-electron chi connectivity index (χ0n) is 18.2. The molecule has 0 saturated carbocycles. The molecule has 0 fully saturated rings. The highest BCUT2D eigenvalue weighted by molar-refractivity contribution is 7.98. The SMILES string of the molecule is COc1ccc(C(=O)Nc2ccccc2SCc2cc(=O)n3c4c(sc3n2)CCCC4)cc1. The van der Waals surface area contributed by atoms with Gasteiger partial charge in [0.15, 0.2) is 4.96 Å². The van der Waals surface area contributed by atoms with E-state index in [1.807, 2.05) is 24.3 Å². The number of hydrogen-bond donors (Lipinski definition) is 1. The van der Waals surface area contributed by atoms with Crippen LogP contribution in [0.3, 0.4) is 0 Å². The third-order valence-corrected chi connectivity index (χ3v) is 7.93. The van der Waals surface area contributed by atoms with Crippen molar-refractivity contribution in [2.24, 2.45) is 0 Å². The standard InChI is InChI=1S/C25H23N3O3S2/c1-31-18-12-10-16(11-13-18)24(30)27-19-6-2-4-8-21(19)32-15-17-14-23(29)28-20-7-3-5-9-22(20)33-25(28)26-17/h2,4,6,8,10-14H,3,5,7,9,15H2,1H3,(H,27,30). The van der Waals surface area contributed by atoms with Crippen LogP contribution in [0.1, 0.15) is 39.5 Å². The fourth-order valence-electron chi connectivity index (χ4n) is 4.00. The maximum absolute atomic E-state index is 12.8. The predicted molar refractivity (Wildman–Crippen MR) is 133 cm³/mol. The highest BCUT2D eigenvalue weighted by Crippen LogP contribution is 2.31. The number of aromatic nitrogens is 2. The molecular formula is C25H23N3O3S2. The van der Waals surface area contributed by atoms with Gasteiger partial charge < -0.3 is 10.1 Å². The lowest BCUT2D eigenvalue weighted by atomic mass is 10.0. The Labute approximate surface area is 199 Å². The number of ether oxygens (including phenoxy) is 1. The van der Waals surface area contributed by atoms with Gasteiger partial charge in [-0.15, -0.1) is 23.1 Å². The Balaban J connectivity index is 1.33. The molecule has 168 valence electrons.